The molecule has 14 heavy (non-hydrogen) atoms. The van der Waals surface area contributed by atoms with E-state index in [1.807, 2.05) is 0 Å². The van der Waals surface area contributed by atoms with Crippen molar-refractivity contribution in [2.45, 2.75) is 58.9 Å². The summed E-state index contributed by atoms with van der Waals surface area (Å²) in [7, 11) is 0. The van der Waals surface area contributed by atoms with Gasteiger partial charge in [-0.05, 0) is 42.4 Å². The highest BCUT2D eigenvalue weighted by Gasteiger charge is 2.46. The van der Waals surface area contributed by atoms with Crippen LogP contribution in [0.15, 0.2) is 0 Å². The van der Waals surface area contributed by atoms with Gasteiger partial charge in [0, 0.05) is 6.04 Å². The number of hydrogen-bond acceptors (Lipinski definition) is 1. The van der Waals surface area contributed by atoms with Crippen molar-refractivity contribution < 1.29 is 0 Å². The molecule has 0 spiro atoms. The van der Waals surface area contributed by atoms with Gasteiger partial charge < -0.3 is 5.73 Å². The lowest BCUT2D eigenvalue weighted by atomic mass is 9.69. The molecule has 2 saturated carbocycles. The Morgan fingerprint density at radius 1 is 1.14 bits per heavy atom. The molecule has 2 rings (SSSR count). The topological polar surface area (TPSA) is 26.0 Å². The Morgan fingerprint density at radius 3 is 2.57 bits per heavy atom. The molecule has 82 valence electrons. The Labute approximate surface area is 88.4 Å². The predicted molar refractivity (Wildman–Crippen MR) is 61.0 cm³/mol. The highest BCUT2D eigenvalue weighted by molar-refractivity contribution is 4.98. The van der Waals surface area contributed by atoms with Gasteiger partial charge in [-0.25, -0.2) is 0 Å². The van der Waals surface area contributed by atoms with Gasteiger partial charge in [-0.3, -0.25) is 0 Å². The van der Waals surface area contributed by atoms with E-state index in [0.717, 1.165) is 17.8 Å². The van der Waals surface area contributed by atoms with E-state index < -0.39 is 0 Å². The Kier molecular flexibility index (Phi) is 2.63. The fraction of sp³-hybridized carbons (Fsp3) is 1.00. The van der Waals surface area contributed by atoms with Crippen LogP contribution in [0, 0.1) is 23.2 Å². The molecule has 0 heterocycles. The van der Waals surface area contributed by atoms with Crippen LogP contribution >= 0.6 is 0 Å². The monoisotopic (exact) mass is 195 g/mol. The first-order valence-electron chi connectivity index (χ1n) is 6.28. The summed E-state index contributed by atoms with van der Waals surface area (Å²) in [5.74, 6) is 2.62. The molecule has 1 heteroatoms. The second-order valence-corrected chi connectivity index (χ2v) is 6.29. The quantitative estimate of drug-likeness (QED) is 0.631. The van der Waals surface area contributed by atoms with Crippen LogP contribution in [-0.2, 0) is 0 Å². The van der Waals surface area contributed by atoms with Crippen LogP contribution in [-0.4, -0.2) is 6.04 Å². The van der Waals surface area contributed by atoms with Crippen molar-refractivity contribution in [3.05, 3.63) is 0 Å². The average molecular weight is 195 g/mol. The summed E-state index contributed by atoms with van der Waals surface area (Å²) in [4.78, 5) is 0. The minimum Gasteiger partial charge on any atom is -0.327 e. The maximum absolute atomic E-state index is 6.30. The predicted octanol–water partition coefficient (Wildman–Crippen LogP) is 3.19. The van der Waals surface area contributed by atoms with Gasteiger partial charge in [0.05, 0.1) is 0 Å². The van der Waals surface area contributed by atoms with E-state index >= 15 is 0 Å². The number of fused-ring (bicyclic) bond motifs is 1. The molecule has 0 radical (unpaired) electrons. The molecule has 4 unspecified atom stereocenters. The van der Waals surface area contributed by atoms with Crippen molar-refractivity contribution in [2.24, 2.45) is 28.9 Å². The molecule has 2 fully saturated rings. The van der Waals surface area contributed by atoms with Crippen LogP contribution in [0.5, 0.6) is 0 Å². The van der Waals surface area contributed by atoms with Crippen molar-refractivity contribution in [3.63, 3.8) is 0 Å². The highest BCUT2D eigenvalue weighted by Crippen LogP contribution is 2.51. The Balaban J connectivity index is 2.25. The first-order valence-corrected chi connectivity index (χ1v) is 6.28. The van der Waals surface area contributed by atoms with Crippen molar-refractivity contribution in [3.8, 4) is 0 Å². The normalized spacial score (nSPS) is 47.1. The van der Waals surface area contributed by atoms with Crippen LogP contribution in [0.3, 0.4) is 0 Å². The fourth-order valence-corrected chi connectivity index (χ4v) is 4.12. The molecule has 0 aromatic rings. The van der Waals surface area contributed by atoms with E-state index in [1.54, 1.807) is 0 Å². The third kappa shape index (κ3) is 1.60. The van der Waals surface area contributed by atoms with Gasteiger partial charge in [-0.1, -0.05) is 33.6 Å². The molecule has 0 aromatic carbocycles. The average Bonchev–Trinajstić information content (AvgIpc) is 2.42. The number of nitrogens with two attached hydrogens (primary N) is 1. The lowest BCUT2D eigenvalue weighted by Gasteiger charge is -2.37. The minimum absolute atomic E-state index is 0.482. The zero-order chi connectivity index (χ0) is 10.3. The van der Waals surface area contributed by atoms with E-state index in [4.69, 9.17) is 5.73 Å². The first-order chi connectivity index (χ1) is 6.52. The van der Waals surface area contributed by atoms with Crippen LogP contribution in [0.25, 0.3) is 0 Å². The standard InChI is InChI=1S/C13H25N/c1-9-5-4-8-13(2,3)12-10(9)6-7-11(12)14/h9-12H,4-8,14H2,1-3H3. The minimum atomic E-state index is 0.482. The molecule has 0 aliphatic heterocycles. The zero-order valence-corrected chi connectivity index (χ0v) is 9.92. The van der Waals surface area contributed by atoms with Crippen molar-refractivity contribution in [2.75, 3.05) is 0 Å². The second kappa shape index (κ2) is 3.52. The van der Waals surface area contributed by atoms with Gasteiger partial charge in [0.2, 0.25) is 0 Å². The number of hydrogen-bond donors (Lipinski definition) is 1. The van der Waals surface area contributed by atoms with E-state index in [2.05, 4.69) is 20.8 Å². The Bertz CT molecular complexity index is 209. The summed E-state index contributed by atoms with van der Waals surface area (Å²) in [6.45, 7) is 7.32. The molecule has 2 aliphatic rings. The van der Waals surface area contributed by atoms with Gasteiger partial charge in [0.15, 0.2) is 0 Å². The summed E-state index contributed by atoms with van der Waals surface area (Å²) >= 11 is 0. The number of rotatable bonds is 0. The van der Waals surface area contributed by atoms with Gasteiger partial charge in [-0.15, -0.1) is 0 Å². The molecule has 2 aliphatic carbocycles. The van der Waals surface area contributed by atoms with E-state index in [1.165, 1.54) is 32.1 Å². The van der Waals surface area contributed by atoms with Crippen LogP contribution in [0.4, 0.5) is 0 Å². The van der Waals surface area contributed by atoms with E-state index in [-0.39, 0.29) is 0 Å². The van der Waals surface area contributed by atoms with Gasteiger partial charge in [-0.2, -0.15) is 0 Å². The smallest absolute Gasteiger partial charge is 0.00751 e. The van der Waals surface area contributed by atoms with Crippen molar-refractivity contribution in [1.82, 2.24) is 0 Å². The summed E-state index contributed by atoms with van der Waals surface area (Å²) in [6, 6.07) is 0.482. The van der Waals surface area contributed by atoms with Gasteiger partial charge in [0.1, 0.15) is 0 Å². The van der Waals surface area contributed by atoms with Crippen molar-refractivity contribution >= 4 is 0 Å². The van der Waals surface area contributed by atoms with Crippen molar-refractivity contribution in [1.29, 1.82) is 0 Å². The summed E-state index contributed by atoms with van der Waals surface area (Å²) in [5, 5.41) is 0. The molecule has 1 nitrogen and oxygen atoms in total. The van der Waals surface area contributed by atoms with E-state index in [0.29, 0.717) is 11.5 Å². The van der Waals surface area contributed by atoms with Crippen LogP contribution in [0.1, 0.15) is 52.9 Å². The summed E-state index contributed by atoms with van der Waals surface area (Å²) in [6.07, 6.45) is 6.87. The summed E-state index contributed by atoms with van der Waals surface area (Å²) < 4.78 is 0. The van der Waals surface area contributed by atoms with Gasteiger partial charge >= 0.3 is 0 Å². The Hall–Kier alpha value is -0.0400. The maximum atomic E-state index is 6.30. The van der Waals surface area contributed by atoms with Crippen LogP contribution in [0.2, 0.25) is 0 Å². The first kappa shape index (κ1) is 10.5. The SMILES string of the molecule is CC1CCCC(C)(C)C2C(N)CCC12. The lowest BCUT2D eigenvalue weighted by Crippen LogP contribution is -2.39. The molecular weight excluding hydrogens is 170 g/mol. The fourth-order valence-electron chi connectivity index (χ4n) is 4.12. The second-order valence-electron chi connectivity index (χ2n) is 6.29. The third-order valence-electron chi connectivity index (χ3n) is 4.87. The third-order valence-corrected chi connectivity index (χ3v) is 4.87. The molecule has 0 aromatic heterocycles. The Morgan fingerprint density at radius 2 is 1.86 bits per heavy atom. The lowest BCUT2D eigenvalue weighted by molar-refractivity contribution is 0.131. The maximum Gasteiger partial charge on any atom is 0.00751 e. The molecule has 4 atom stereocenters. The molecule has 2 N–H and O–H groups in total. The van der Waals surface area contributed by atoms with E-state index in [9.17, 15) is 0 Å². The van der Waals surface area contributed by atoms with Crippen LogP contribution < -0.4 is 5.73 Å². The highest BCUT2D eigenvalue weighted by atomic mass is 14.7. The molecular formula is C13H25N. The van der Waals surface area contributed by atoms with Gasteiger partial charge in [0.25, 0.3) is 0 Å². The zero-order valence-electron chi connectivity index (χ0n) is 9.92. The summed E-state index contributed by atoms with van der Waals surface area (Å²) in [5.41, 5.74) is 6.79. The molecule has 0 saturated heterocycles. The largest absolute Gasteiger partial charge is 0.327 e. The molecule has 0 amide bonds. The molecule has 0 bridgehead atoms.